The van der Waals surface area contributed by atoms with E-state index in [-0.39, 0.29) is 0 Å². The van der Waals surface area contributed by atoms with Gasteiger partial charge in [-0.1, -0.05) is 23.2 Å². The molecular weight excluding hydrogens is 251 g/mol. The van der Waals surface area contributed by atoms with Crippen LogP contribution in [0.4, 0.5) is 5.69 Å². The van der Waals surface area contributed by atoms with Crippen molar-refractivity contribution in [3.63, 3.8) is 0 Å². The van der Waals surface area contributed by atoms with Crippen LogP contribution in [0.5, 0.6) is 0 Å². The first kappa shape index (κ1) is 9.13. The van der Waals surface area contributed by atoms with E-state index < -0.39 is 0 Å². The number of nitrogens with two attached hydrogens (primary N) is 1. The monoisotopic (exact) mass is 254 g/mol. The second-order valence-corrected chi connectivity index (χ2v) is 3.56. The summed E-state index contributed by atoms with van der Waals surface area (Å²) in [6.07, 6.45) is 0. The lowest BCUT2D eigenvalue weighted by molar-refractivity contribution is 1.35. The molecule has 0 amide bonds. The van der Waals surface area contributed by atoms with Crippen molar-refractivity contribution in [2.45, 2.75) is 0 Å². The maximum absolute atomic E-state index is 5.77. The van der Waals surface area contributed by atoms with Crippen LogP contribution in [-0.2, 0) is 0 Å². The number of hydrogen-bond donors (Lipinski definition) is 2. The minimum atomic E-state index is 0.531. The van der Waals surface area contributed by atoms with E-state index in [1.54, 1.807) is 12.1 Å². The van der Waals surface area contributed by atoms with Crippen LogP contribution in [0.2, 0.25) is 10.0 Å². The molecule has 0 unspecified atom stereocenters. The van der Waals surface area contributed by atoms with E-state index in [1.165, 1.54) is 0 Å². The number of anilines is 1. The molecule has 1 aromatic carbocycles. The fourth-order valence-electron chi connectivity index (χ4n) is 0.633. The molecule has 11 heavy (non-hydrogen) atoms. The summed E-state index contributed by atoms with van der Waals surface area (Å²) >= 11 is 14.8. The van der Waals surface area contributed by atoms with Gasteiger partial charge in [-0.15, -0.1) is 0 Å². The van der Waals surface area contributed by atoms with Crippen LogP contribution >= 0.6 is 39.1 Å². The predicted octanol–water partition coefficient (Wildman–Crippen LogP) is 3.04. The number of nitrogen functional groups attached to an aromatic ring is 1. The minimum absolute atomic E-state index is 0.531. The zero-order valence-corrected chi connectivity index (χ0v) is 8.46. The molecule has 0 spiro atoms. The molecule has 5 heteroatoms. The lowest BCUT2D eigenvalue weighted by Gasteiger charge is -2.04. The van der Waals surface area contributed by atoms with E-state index in [0.29, 0.717) is 15.7 Å². The van der Waals surface area contributed by atoms with Crippen LogP contribution < -0.4 is 11.3 Å². The van der Waals surface area contributed by atoms with Gasteiger partial charge in [0.2, 0.25) is 0 Å². The first-order chi connectivity index (χ1) is 5.15. The highest BCUT2D eigenvalue weighted by Gasteiger charge is 2.03. The molecule has 0 radical (unpaired) electrons. The van der Waals surface area contributed by atoms with Crippen LogP contribution in [0.15, 0.2) is 16.6 Å². The Kier molecular flexibility index (Phi) is 3.01. The van der Waals surface area contributed by atoms with Crippen molar-refractivity contribution in [3.05, 3.63) is 26.7 Å². The fourth-order valence-corrected chi connectivity index (χ4v) is 1.49. The highest BCUT2D eigenvalue weighted by atomic mass is 79.9. The molecule has 0 aliphatic heterocycles. The Balaban J connectivity index is 3.21. The van der Waals surface area contributed by atoms with Gasteiger partial charge in [0.25, 0.3) is 0 Å². The van der Waals surface area contributed by atoms with E-state index in [2.05, 4.69) is 21.4 Å². The molecule has 1 rings (SSSR count). The molecule has 0 aliphatic carbocycles. The van der Waals surface area contributed by atoms with Crippen molar-refractivity contribution < 1.29 is 0 Å². The summed E-state index contributed by atoms with van der Waals surface area (Å²) < 4.78 is 0.753. The third-order valence-corrected chi connectivity index (χ3v) is 2.68. The number of rotatable bonds is 1. The highest BCUT2D eigenvalue weighted by Crippen LogP contribution is 2.31. The fraction of sp³-hybridized carbons (Fsp3) is 0. The van der Waals surface area contributed by atoms with E-state index >= 15 is 0 Å². The standard InChI is InChI=1S/C6H5BrCl2N2/c7-3-1-5(9)6(11-10)2-4(3)8/h1-2,11H,10H2. The molecule has 0 aliphatic rings. The zero-order chi connectivity index (χ0) is 8.43. The third-order valence-electron chi connectivity index (χ3n) is 1.17. The Labute approximate surface area is 82.8 Å². The second-order valence-electron chi connectivity index (χ2n) is 1.89. The number of hydrazine groups is 1. The van der Waals surface area contributed by atoms with Crippen LogP contribution in [0, 0.1) is 0 Å². The van der Waals surface area contributed by atoms with Crippen molar-refractivity contribution in [3.8, 4) is 0 Å². The zero-order valence-electron chi connectivity index (χ0n) is 5.37. The molecule has 2 nitrogen and oxygen atoms in total. The Bertz CT molecular complexity index is 278. The van der Waals surface area contributed by atoms with Gasteiger partial charge in [-0.3, -0.25) is 5.84 Å². The van der Waals surface area contributed by atoms with Gasteiger partial charge in [0, 0.05) is 4.47 Å². The first-order valence-electron chi connectivity index (χ1n) is 2.76. The largest absolute Gasteiger partial charge is 0.323 e. The smallest absolute Gasteiger partial charge is 0.0687 e. The van der Waals surface area contributed by atoms with Crippen molar-refractivity contribution in [1.82, 2.24) is 0 Å². The third kappa shape index (κ3) is 1.99. The van der Waals surface area contributed by atoms with Crippen molar-refractivity contribution in [2.24, 2.45) is 5.84 Å². The average molecular weight is 256 g/mol. The summed E-state index contributed by atoms with van der Waals surface area (Å²) in [7, 11) is 0. The van der Waals surface area contributed by atoms with Crippen LogP contribution in [-0.4, -0.2) is 0 Å². The van der Waals surface area contributed by atoms with Gasteiger partial charge >= 0.3 is 0 Å². The van der Waals surface area contributed by atoms with Gasteiger partial charge in [-0.25, -0.2) is 0 Å². The van der Waals surface area contributed by atoms with Gasteiger partial charge in [-0.2, -0.15) is 0 Å². The Morgan fingerprint density at radius 3 is 2.45 bits per heavy atom. The van der Waals surface area contributed by atoms with Crippen molar-refractivity contribution in [2.75, 3.05) is 5.43 Å². The number of halogens is 3. The van der Waals surface area contributed by atoms with Gasteiger partial charge < -0.3 is 5.43 Å². The SMILES string of the molecule is NNc1cc(Cl)c(Br)cc1Cl. The quantitative estimate of drug-likeness (QED) is 0.460. The van der Waals surface area contributed by atoms with E-state index in [1.807, 2.05) is 0 Å². The van der Waals surface area contributed by atoms with Crippen LogP contribution in [0.1, 0.15) is 0 Å². The molecule has 0 bridgehead atoms. The summed E-state index contributed by atoms with van der Waals surface area (Å²) in [6, 6.07) is 3.33. The Morgan fingerprint density at radius 1 is 1.27 bits per heavy atom. The molecule has 60 valence electrons. The predicted molar refractivity (Wildman–Crippen MR) is 52.0 cm³/mol. The van der Waals surface area contributed by atoms with Crippen molar-refractivity contribution in [1.29, 1.82) is 0 Å². The van der Waals surface area contributed by atoms with Crippen LogP contribution in [0.25, 0.3) is 0 Å². The van der Waals surface area contributed by atoms with E-state index in [9.17, 15) is 0 Å². The molecular formula is C6H5BrCl2N2. The topological polar surface area (TPSA) is 38.0 Å². The normalized spacial score (nSPS) is 9.82. The number of benzene rings is 1. The molecule has 1 aromatic rings. The van der Waals surface area contributed by atoms with Crippen molar-refractivity contribution >= 4 is 44.8 Å². The summed E-state index contributed by atoms with van der Waals surface area (Å²) in [5.74, 6) is 5.16. The van der Waals surface area contributed by atoms with Gasteiger partial charge in [0.1, 0.15) is 0 Å². The Morgan fingerprint density at radius 2 is 1.91 bits per heavy atom. The molecule has 0 fully saturated rings. The number of hydrogen-bond acceptors (Lipinski definition) is 2. The van der Waals surface area contributed by atoms with Gasteiger partial charge in [-0.05, 0) is 28.1 Å². The Hall–Kier alpha value is 0.0400. The summed E-state index contributed by atoms with van der Waals surface area (Å²) in [4.78, 5) is 0. The first-order valence-corrected chi connectivity index (χ1v) is 4.31. The molecule has 3 N–H and O–H groups in total. The summed E-state index contributed by atoms with van der Waals surface area (Å²) in [5, 5.41) is 1.10. The number of nitrogens with one attached hydrogen (secondary N) is 1. The second kappa shape index (κ2) is 3.63. The molecule has 0 heterocycles. The average Bonchev–Trinajstić information content (AvgIpc) is 1.97. The molecule has 0 atom stereocenters. The summed E-state index contributed by atoms with van der Waals surface area (Å²) in [6.45, 7) is 0. The highest BCUT2D eigenvalue weighted by molar-refractivity contribution is 9.10. The lowest BCUT2D eigenvalue weighted by Crippen LogP contribution is -2.06. The van der Waals surface area contributed by atoms with Gasteiger partial charge in [0.05, 0.1) is 15.7 Å². The molecule has 0 saturated carbocycles. The maximum Gasteiger partial charge on any atom is 0.0687 e. The maximum atomic E-state index is 5.77. The summed E-state index contributed by atoms with van der Waals surface area (Å²) in [5.41, 5.74) is 3.04. The van der Waals surface area contributed by atoms with E-state index in [0.717, 1.165) is 4.47 Å². The minimum Gasteiger partial charge on any atom is -0.323 e. The van der Waals surface area contributed by atoms with E-state index in [4.69, 9.17) is 29.0 Å². The molecule has 0 saturated heterocycles. The van der Waals surface area contributed by atoms with Crippen LogP contribution in [0.3, 0.4) is 0 Å². The lowest BCUT2D eigenvalue weighted by atomic mass is 10.3. The van der Waals surface area contributed by atoms with Gasteiger partial charge in [0.15, 0.2) is 0 Å². The molecule has 0 aromatic heterocycles.